The Morgan fingerprint density at radius 1 is 1.00 bits per heavy atom. The number of ether oxygens (including phenoxy) is 3. The third kappa shape index (κ3) is 4.65. The van der Waals surface area contributed by atoms with Crippen molar-refractivity contribution in [3.63, 3.8) is 0 Å². The number of hydrogen-bond acceptors (Lipinski definition) is 8. The van der Waals surface area contributed by atoms with Crippen molar-refractivity contribution in [1.29, 1.82) is 0 Å². The Morgan fingerprint density at radius 2 is 1.58 bits per heavy atom. The van der Waals surface area contributed by atoms with Crippen LogP contribution in [0.25, 0.3) is 0 Å². The van der Waals surface area contributed by atoms with Gasteiger partial charge < -0.3 is 19.5 Å². The molecule has 1 heterocycles. The number of thioether (sulfide) groups is 1. The minimum absolute atomic E-state index is 0.0366. The highest BCUT2D eigenvalue weighted by atomic mass is 32.2. The van der Waals surface area contributed by atoms with Gasteiger partial charge in [0.05, 0.1) is 43.7 Å². The van der Waals surface area contributed by atoms with E-state index in [0.717, 1.165) is 4.90 Å². The van der Waals surface area contributed by atoms with Crippen LogP contribution in [-0.2, 0) is 9.53 Å². The summed E-state index contributed by atoms with van der Waals surface area (Å²) in [7, 11) is 4.05. The van der Waals surface area contributed by atoms with E-state index < -0.39 is 29.7 Å². The van der Waals surface area contributed by atoms with Gasteiger partial charge in [0.1, 0.15) is 6.04 Å². The average Bonchev–Trinajstić information content (AvgIpc) is 3.08. The Kier molecular flexibility index (Phi) is 7.59. The third-order valence-electron chi connectivity index (χ3n) is 5.22. The lowest BCUT2D eigenvalue weighted by Gasteiger charge is -2.26. The number of anilines is 1. The largest absolute Gasteiger partial charge is 0.493 e. The number of benzene rings is 2. The van der Waals surface area contributed by atoms with Crippen LogP contribution in [0.3, 0.4) is 0 Å². The first-order valence-corrected chi connectivity index (χ1v) is 11.4. The number of amides is 3. The van der Waals surface area contributed by atoms with Gasteiger partial charge in [-0.25, -0.2) is 4.79 Å². The molecule has 3 amide bonds. The molecule has 9 nitrogen and oxygen atoms in total. The molecule has 10 heteroatoms. The zero-order valence-corrected chi connectivity index (χ0v) is 19.5. The number of nitrogens with zero attached hydrogens (tertiary/aromatic N) is 1. The van der Waals surface area contributed by atoms with Crippen LogP contribution in [0.1, 0.15) is 37.5 Å². The number of fused-ring (bicyclic) bond motifs is 1. The van der Waals surface area contributed by atoms with E-state index in [-0.39, 0.29) is 40.3 Å². The van der Waals surface area contributed by atoms with E-state index in [1.54, 1.807) is 24.3 Å². The van der Waals surface area contributed by atoms with Crippen molar-refractivity contribution >= 4 is 41.1 Å². The smallest absolute Gasteiger partial charge is 0.340 e. The maximum Gasteiger partial charge on any atom is 0.340 e. The van der Waals surface area contributed by atoms with Crippen molar-refractivity contribution < 1.29 is 33.4 Å². The highest BCUT2D eigenvalue weighted by Crippen LogP contribution is 2.34. The first-order chi connectivity index (χ1) is 15.9. The molecule has 1 aliphatic rings. The number of esters is 1. The van der Waals surface area contributed by atoms with Crippen molar-refractivity contribution in [2.24, 2.45) is 0 Å². The fraction of sp³-hybridized carbons (Fsp3) is 0.304. The fourth-order valence-corrected chi connectivity index (χ4v) is 4.03. The molecule has 0 saturated carbocycles. The van der Waals surface area contributed by atoms with E-state index in [1.165, 1.54) is 45.2 Å². The van der Waals surface area contributed by atoms with E-state index in [9.17, 15) is 19.2 Å². The van der Waals surface area contributed by atoms with Gasteiger partial charge >= 0.3 is 5.97 Å². The van der Waals surface area contributed by atoms with Crippen molar-refractivity contribution in [1.82, 2.24) is 4.90 Å². The molecule has 3 rings (SSSR count). The molecule has 0 bridgehead atoms. The van der Waals surface area contributed by atoms with Crippen LogP contribution in [0, 0.1) is 0 Å². The monoisotopic (exact) mass is 472 g/mol. The van der Waals surface area contributed by atoms with Crippen LogP contribution in [0.4, 0.5) is 5.69 Å². The van der Waals surface area contributed by atoms with Crippen LogP contribution in [0.2, 0.25) is 0 Å². The summed E-state index contributed by atoms with van der Waals surface area (Å²) in [5, 5.41) is 2.67. The molecule has 0 aliphatic carbocycles. The second-order valence-electron chi connectivity index (χ2n) is 7.06. The predicted molar refractivity (Wildman–Crippen MR) is 123 cm³/mol. The predicted octanol–water partition coefficient (Wildman–Crippen LogP) is 2.85. The number of hydrogen-bond donors (Lipinski definition) is 1. The summed E-state index contributed by atoms with van der Waals surface area (Å²) < 4.78 is 15.3. The zero-order chi connectivity index (χ0) is 24.1. The Balaban J connectivity index is 1.99. The molecule has 1 atom stereocenters. The van der Waals surface area contributed by atoms with Gasteiger partial charge in [-0.3, -0.25) is 19.3 Å². The summed E-state index contributed by atoms with van der Waals surface area (Å²) in [6, 6.07) is 8.18. The average molecular weight is 473 g/mol. The van der Waals surface area contributed by atoms with E-state index >= 15 is 0 Å². The first kappa shape index (κ1) is 24.1. The normalized spacial score (nSPS) is 13.4. The number of carbonyl (C=O) groups is 4. The number of carbonyl (C=O) groups excluding carboxylic acids is 4. The number of rotatable bonds is 9. The molecule has 0 radical (unpaired) electrons. The molecular formula is C23H24N2O7S. The van der Waals surface area contributed by atoms with Gasteiger partial charge in [-0.2, -0.15) is 11.8 Å². The molecule has 174 valence electrons. The maximum atomic E-state index is 13.4. The minimum atomic E-state index is -1.08. The highest BCUT2D eigenvalue weighted by molar-refractivity contribution is 7.98. The fourth-order valence-electron chi connectivity index (χ4n) is 3.58. The second kappa shape index (κ2) is 10.4. The Morgan fingerprint density at radius 3 is 2.09 bits per heavy atom. The lowest BCUT2D eigenvalue weighted by molar-refractivity contribution is -0.120. The molecule has 0 unspecified atom stereocenters. The number of methoxy groups -OCH3 is 3. The van der Waals surface area contributed by atoms with Crippen molar-refractivity contribution in [2.75, 3.05) is 38.7 Å². The van der Waals surface area contributed by atoms with E-state index in [1.807, 2.05) is 6.26 Å². The number of imide groups is 1. The molecule has 2 aromatic rings. The van der Waals surface area contributed by atoms with Crippen LogP contribution in [-0.4, -0.2) is 68.0 Å². The third-order valence-corrected chi connectivity index (χ3v) is 5.87. The van der Waals surface area contributed by atoms with Gasteiger partial charge in [-0.05, 0) is 30.6 Å². The summed E-state index contributed by atoms with van der Waals surface area (Å²) in [6.07, 6.45) is 2.10. The zero-order valence-electron chi connectivity index (χ0n) is 18.7. The lowest BCUT2D eigenvalue weighted by Crippen LogP contribution is -2.47. The van der Waals surface area contributed by atoms with E-state index in [4.69, 9.17) is 14.2 Å². The molecule has 0 aromatic heterocycles. The van der Waals surface area contributed by atoms with Crippen molar-refractivity contribution in [3.8, 4) is 11.5 Å². The maximum absolute atomic E-state index is 13.4. The van der Waals surface area contributed by atoms with Crippen molar-refractivity contribution in [2.45, 2.75) is 12.5 Å². The molecule has 1 aliphatic heterocycles. The molecule has 0 spiro atoms. The van der Waals surface area contributed by atoms with Crippen LogP contribution in [0.5, 0.6) is 11.5 Å². The standard InChI is InChI=1S/C23H24N2O7S/c1-30-18-11-15(23(29)32-3)16(12-19(18)31-2)24-20(26)17(9-10-33-4)25-21(27)13-7-5-6-8-14(13)22(25)28/h5-8,11-12,17H,9-10H2,1-4H3,(H,24,26)/t17-/m0/s1. The van der Waals surface area contributed by atoms with Gasteiger partial charge in [-0.1, -0.05) is 12.1 Å². The lowest BCUT2D eigenvalue weighted by atomic mass is 10.1. The first-order valence-electron chi connectivity index (χ1n) is 9.98. The second-order valence-corrected chi connectivity index (χ2v) is 8.04. The SMILES string of the molecule is COC(=O)c1cc(OC)c(OC)cc1NC(=O)[C@H](CCSC)N1C(=O)c2ccccc2C1=O. The van der Waals surface area contributed by atoms with Gasteiger partial charge in [0.15, 0.2) is 11.5 Å². The topological polar surface area (TPSA) is 111 Å². The molecule has 0 fully saturated rings. The minimum Gasteiger partial charge on any atom is -0.493 e. The molecule has 2 aromatic carbocycles. The molecule has 0 saturated heterocycles. The Hall–Kier alpha value is -3.53. The molecule has 33 heavy (non-hydrogen) atoms. The van der Waals surface area contributed by atoms with Crippen LogP contribution >= 0.6 is 11.8 Å². The summed E-state index contributed by atoms with van der Waals surface area (Å²) >= 11 is 1.48. The highest BCUT2D eigenvalue weighted by Gasteiger charge is 2.42. The van der Waals surface area contributed by atoms with Gasteiger partial charge in [-0.15, -0.1) is 0 Å². The Labute approximate surface area is 195 Å². The number of nitrogens with one attached hydrogen (secondary N) is 1. The van der Waals surface area contributed by atoms with Crippen molar-refractivity contribution in [3.05, 3.63) is 53.1 Å². The summed E-state index contributed by atoms with van der Waals surface area (Å²) in [6.45, 7) is 0. The van der Waals surface area contributed by atoms with Crippen LogP contribution < -0.4 is 14.8 Å². The van der Waals surface area contributed by atoms with Crippen LogP contribution in [0.15, 0.2) is 36.4 Å². The van der Waals surface area contributed by atoms with Gasteiger partial charge in [0.2, 0.25) is 5.91 Å². The quantitative estimate of drug-likeness (QED) is 0.438. The van der Waals surface area contributed by atoms with E-state index in [0.29, 0.717) is 5.75 Å². The van der Waals surface area contributed by atoms with Gasteiger partial charge in [0.25, 0.3) is 11.8 Å². The molecule has 1 N–H and O–H groups in total. The summed E-state index contributed by atoms with van der Waals surface area (Å²) in [4.78, 5) is 52.7. The van der Waals surface area contributed by atoms with E-state index in [2.05, 4.69) is 5.32 Å². The summed E-state index contributed by atoms with van der Waals surface area (Å²) in [5.74, 6) is -1.29. The summed E-state index contributed by atoms with van der Waals surface area (Å²) in [5.41, 5.74) is 0.654. The van der Waals surface area contributed by atoms with Gasteiger partial charge in [0, 0.05) is 12.1 Å². The Bertz CT molecular complexity index is 1070. The molecular weight excluding hydrogens is 448 g/mol.